The van der Waals surface area contributed by atoms with Crippen molar-refractivity contribution in [3.63, 3.8) is 0 Å². The number of hydrogen-bond donors (Lipinski definition) is 1. The maximum atomic E-state index is 13.8. The molecule has 1 atom stereocenters. The number of rotatable bonds is 4. The van der Waals surface area contributed by atoms with Crippen LogP contribution in [0.25, 0.3) is 0 Å². The highest BCUT2D eigenvalue weighted by molar-refractivity contribution is 6.00. The van der Waals surface area contributed by atoms with Crippen molar-refractivity contribution in [2.45, 2.75) is 12.5 Å². The number of phenolic OH excluding ortho intramolecular Hbond substituents is 1. The summed E-state index contributed by atoms with van der Waals surface area (Å²) in [5.41, 5.74) is 0.909. The Hall–Kier alpha value is -2.82. The van der Waals surface area contributed by atoms with E-state index in [0.717, 1.165) is 0 Å². The molecule has 1 unspecified atom stereocenters. The van der Waals surface area contributed by atoms with Gasteiger partial charge in [-0.15, -0.1) is 6.58 Å². The molecular formula is C18H16FNO3. The number of carbonyl (C=O) groups excluding carboxylic acids is 1. The van der Waals surface area contributed by atoms with E-state index in [1.54, 1.807) is 30.3 Å². The normalized spacial score (nSPS) is 16.7. The third-order valence-corrected chi connectivity index (χ3v) is 3.72. The van der Waals surface area contributed by atoms with Crippen LogP contribution in [0, 0.1) is 5.82 Å². The van der Waals surface area contributed by atoms with Crippen molar-refractivity contribution in [3.05, 3.63) is 66.5 Å². The minimum Gasteiger partial charge on any atom is -0.508 e. The summed E-state index contributed by atoms with van der Waals surface area (Å²) in [6.07, 6.45) is 0.917. The van der Waals surface area contributed by atoms with E-state index in [1.807, 2.05) is 0 Å². The maximum Gasteiger partial charge on any atom is 0.268 e. The second kappa shape index (κ2) is 6.12. The lowest BCUT2D eigenvalue weighted by Gasteiger charge is -2.34. The van der Waals surface area contributed by atoms with E-state index in [4.69, 9.17) is 4.74 Å². The second-order valence-electron chi connectivity index (χ2n) is 5.29. The Morgan fingerprint density at radius 2 is 2.09 bits per heavy atom. The van der Waals surface area contributed by atoms with Gasteiger partial charge in [0.1, 0.15) is 17.3 Å². The first-order valence-corrected chi connectivity index (χ1v) is 7.25. The molecule has 1 heterocycles. The van der Waals surface area contributed by atoms with Gasteiger partial charge < -0.3 is 14.7 Å². The van der Waals surface area contributed by atoms with E-state index in [1.165, 1.54) is 23.1 Å². The topological polar surface area (TPSA) is 49.8 Å². The molecule has 0 bridgehead atoms. The van der Waals surface area contributed by atoms with Crippen LogP contribution in [0.5, 0.6) is 11.5 Å². The fourth-order valence-electron chi connectivity index (χ4n) is 2.62. The Morgan fingerprint density at radius 1 is 1.30 bits per heavy atom. The van der Waals surface area contributed by atoms with Gasteiger partial charge in [-0.25, -0.2) is 4.39 Å². The molecule has 1 amide bonds. The van der Waals surface area contributed by atoms with Gasteiger partial charge in [-0.05, 0) is 23.8 Å². The molecule has 0 aromatic heterocycles. The zero-order valence-corrected chi connectivity index (χ0v) is 12.4. The molecule has 0 saturated carbocycles. The zero-order valence-electron chi connectivity index (χ0n) is 12.4. The minimum absolute atomic E-state index is 0.0433. The van der Waals surface area contributed by atoms with Crippen LogP contribution in [0.3, 0.4) is 0 Å². The molecule has 5 heteroatoms. The van der Waals surface area contributed by atoms with Crippen molar-refractivity contribution in [3.8, 4) is 11.5 Å². The highest BCUT2D eigenvalue weighted by Gasteiger charge is 2.34. The molecule has 1 aliphatic heterocycles. The average molecular weight is 313 g/mol. The summed E-state index contributed by atoms with van der Waals surface area (Å²) in [6.45, 7) is 3.93. The monoisotopic (exact) mass is 313 g/mol. The number of aromatic hydroxyl groups is 1. The van der Waals surface area contributed by atoms with Crippen LogP contribution in [0.1, 0.15) is 5.56 Å². The quantitative estimate of drug-likeness (QED) is 0.883. The lowest BCUT2D eigenvalue weighted by Crippen LogP contribution is -2.47. The van der Waals surface area contributed by atoms with Crippen LogP contribution in [-0.2, 0) is 11.2 Å². The summed E-state index contributed by atoms with van der Waals surface area (Å²) in [5.74, 6) is -0.130. The number of carbonyl (C=O) groups is 1. The number of halogens is 1. The van der Waals surface area contributed by atoms with Crippen LogP contribution in [-0.4, -0.2) is 23.7 Å². The fraction of sp³-hybridized carbons (Fsp3) is 0.167. The number of anilines is 1. The van der Waals surface area contributed by atoms with E-state index >= 15 is 0 Å². The zero-order chi connectivity index (χ0) is 16.4. The van der Waals surface area contributed by atoms with Gasteiger partial charge in [0.05, 0.1) is 5.69 Å². The summed E-state index contributed by atoms with van der Waals surface area (Å²) in [7, 11) is 0. The number of fused-ring (bicyclic) bond motifs is 1. The van der Waals surface area contributed by atoms with Crippen LogP contribution in [0.15, 0.2) is 55.1 Å². The molecule has 0 saturated heterocycles. The third kappa shape index (κ3) is 2.90. The Bertz CT molecular complexity index is 760. The van der Waals surface area contributed by atoms with E-state index in [9.17, 15) is 14.3 Å². The number of hydrogen-bond acceptors (Lipinski definition) is 3. The van der Waals surface area contributed by atoms with E-state index < -0.39 is 6.10 Å². The molecule has 0 radical (unpaired) electrons. The summed E-state index contributed by atoms with van der Waals surface area (Å²) in [4.78, 5) is 14.1. The number of amides is 1. The van der Waals surface area contributed by atoms with Crippen molar-refractivity contribution in [2.75, 3.05) is 11.4 Å². The minimum atomic E-state index is -0.816. The standard InChI is InChI=1S/C18H16FNO3/c1-2-9-20-15-11-13(21)7-8-16(15)23-17(18(20)22)10-12-5-3-4-6-14(12)19/h2-8,11,17,21H,1,9-10H2. The molecule has 2 aromatic carbocycles. The lowest BCUT2D eigenvalue weighted by atomic mass is 10.0. The van der Waals surface area contributed by atoms with Gasteiger partial charge in [0.15, 0.2) is 6.10 Å². The van der Waals surface area contributed by atoms with Crippen LogP contribution >= 0.6 is 0 Å². The van der Waals surface area contributed by atoms with Gasteiger partial charge >= 0.3 is 0 Å². The lowest BCUT2D eigenvalue weighted by molar-refractivity contribution is -0.126. The summed E-state index contributed by atoms with van der Waals surface area (Å²) >= 11 is 0. The first-order chi connectivity index (χ1) is 11.1. The van der Waals surface area contributed by atoms with Gasteiger partial charge in [0, 0.05) is 19.0 Å². The molecule has 23 heavy (non-hydrogen) atoms. The highest BCUT2D eigenvalue weighted by atomic mass is 19.1. The fourth-order valence-corrected chi connectivity index (χ4v) is 2.62. The molecule has 0 spiro atoms. The first-order valence-electron chi connectivity index (χ1n) is 7.25. The van der Waals surface area contributed by atoms with Gasteiger partial charge in [-0.2, -0.15) is 0 Å². The summed E-state index contributed by atoms with van der Waals surface area (Å²) in [5, 5.41) is 9.63. The summed E-state index contributed by atoms with van der Waals surface area (Å²) in [6, 6.07) is 10.9. The summed E-state index contributed by atoms with van der Waals surface area (Å²) < 4.78 is 19.6. The van der Waals surface area contributed by atoms with Crippen molar-refractivity contribution in [2.24, 2.45) is 0 Å². The van der Waals surface area contributed by atoms with Crippen LogP contribution in [0.2, 0.25) is 0 Å². The van der Waals surface area contributed by atoms with Gasteiger partial charge in [-0.1, -0.05) is 24.3 Å². The van der Waals surface area contributed by atoms with Crippen molar-refractivity contribution in [1.29, 1.82) is 0 Å². The largest absolute Gasteiger partial charge is 0.508 e. The predicted molar refractivity (Wildman–Crippen MR) is 85.2 cm³/mol. The molecule has 2 aromatic rings. The van der Waals surface area contributed by atoms with E-state index in [0.29, 0.717) is 17.0 Å². The van der Waals surface area contributed by atoms with Gasteiger partial charge in [0.25, 0.3) is 5.91 Å². The Kier molecular flexibility index (Phi) is 4.02. The molecule has 4 nitrogen and oxygen atoms in total. The molecule has 118 valence electrons. The van der Waals surface area contributed by atoms with Crippen molar-refractivity contribution >= 4 is 11.6 Å². The molecule has 1 N–H and O–H groups in total. The van der Waals surface area contributed by atoms with E-state index in [2.05, 4.69) is 6.58 Å². The maximum absolute atomic E-state index is 13.8. The average Bonchev–Trinajstić information content (AvgIpc) is 2.54. The molecule has 0 aliphatic carbocycles. The van der Waals surface area contributed by atoms with Crippen molar-refractivity contribution < 1.29 is 19.0 Å². The van der Waals surface area contributed by atoms with Crippen LogP contribution in [0.4, 0.5) is 10.1 Å². The van der Waals surface area contributed by atoms with Gasteiger partial charge in [-0.3, -0.25) is 4.79 Å². The predicted octanol–water partition coefficient (Wildman–Crippen LogP) is 3.05. The molecule has 0 fully saturated rings. The van der Waals surface area contributed by atoms with E-state index in [-0.39, 0.29) is 30.4 Å². The molecular weight excluding hydrogens is 297 g/mol. The highest BCUT2D eigenvalue weighted by Crippen LogP contribution is 2.37. The molecule has 3 rings (SSSR count). The number of ether oxygens (including phenoxy) is 1. The van der Waals surface area contributed by atoms with Crippen LogP contribution < -0.4 is 9.64 Å². The Morgan fingerprint density at radius 3 is 2.83 bits per heavy atom. The smallest absolute Gasteiger partial charge is 0.268 e. The SMILES string of the molecule is C=CCN1C(=O)C(Cc2ccccc2F)Oc2ccc(O)cc21. The van der Waals surface area contributed by atoms with Gasteiger partial charge in [0.2, 0.25) is 0 Å². The first kappa shape index (κ1) is 15.1. The Labute approximate surface area is 133 Å². The second-order valence-corrected chi connectivity index (χ2v) is 5.29. The number of phenols is 1. The number of benzene rings is 2. The molecule has 1 aliphatic rings. The Balaban J connectivity index is 1.94. The van der Waals surface area contributed by atoms with Crippen molar-refractivity contribution in [1.82, 2.24) is 0 Å². The number of nitrogens with zero attached hydrogens (tertiary/aromatic N) is 1. The third-order valence-electron chi connectivity index (χ3n) is 3.72.